The summed E-state index contributed by atoms with van der Waals surface area (Å²) in [6, 6.07) is 6.66. The minimum absolute atomic E-state index is 0.153. The van der Waals surface area contributed by atoms with Gasteiger partial charge in [-0.1, -0.05) is 0 Å². The lowest BCUT2D eigenvalue weighted by molar-refractivity contribution is -0.132. The highest BCUT2D eigenvalue weighted by Crippen LogP contribution is 2.34. The van der Waals surface area contributed by atoms with E-state index in [-0.39, 0.29) is 10.8 Å². The number of carbonyl (C=O) groups is 1. The van der Waals surface area contributed by atoms with Crippen LogP contribution in [0.3, 0.4) is 0 Å². The summed E-state index contributed by atoms with van der Waals surface area (Å²) in [6.45, 7) is 2.55. The van der Waals surface area contributed by atoms with E-state index in [1.54, 1.807) is 12.1 Å². The molecular weight excluding hydrogens is 314 g/mol. The van der Waals surface area contributed by atoms with E-state index in [1.165, 1.54) is 31.2 Å². The lowest BCUT2D eigenvalue weighted by atomic mass is 10.1. The van der Waals surface area contributed by atoms with Crippen molar-refractivity contribution in [2.75, 3.05) is 19.9 Å². The van der Waals surface area contributed by atoms with Gasteiger partial charge in [-0.05, 0) is 56.4 Å². The summed E-state index contributed by atoms with van der Waals surface area (Å²) in [5, 5.41) is 0. The molecule has 1 aliphatic rings. The third-order valence-corrected chi connectivity index (χ3v) is 5.49. The van der Waals surface area contributed by atoms with Gasteiger partial charge in [0.1, 0.15) is 5.75 Å². The Morgan fingerprint density at radius 1 is 1.30 bits per heavy atom. The molecule has 1 aromatic carbocycles. The molecular formula is C17H25NO4S. The summed E-state index contributed by atoms with van der Waals surface area (Å²) >= 11 is 0. The number of benzene rings is 1. The average Bonchev–Trinajstić information content (AvgIpc) is 3.34. The normalized spacial score (nSPS) is 16.0. The summed E-state index contributed by atoms with van der Waals surface area (Å²) in [5.41, 5.74) is 0. The van der Waals surface area contributed by atoms with Gasteiger partial charge >= 0.3 is 0 Å². The third kappa shape index (κ3) is 5.23. The lowest BCUT2D eigenvalue weighted by Crippen LogP contribution is -2.36. The molecule has 0 spiro atoms. The Bertz CT molecular complexity index is 635. The molecule has 0 aliphatic heterocycles. The van der Waals surface area contributed by atoms with E-state index < -0.39 is 9.84 Å². The highest BCUT2D eigenvalue weighted by atomic mass is 32.2. The molecule has 1 amide bonds. The van der Waals surface area contributed by atoms with Gasteiger partial charge in [-0.15, -0.1) is 0 Å². The first-order chi connectivity index (χ1) is 10.8. The van der Waals surface area contributed by atoms with E-state index in [2.05, 4.69) is 6.92 Å². The summed E-state index contributed by atoms with van der Waals surface area (Å²) in [5.74, 6) is 1.44. The van der Waals surface area contributed by atoms with Crippen molar-refractivity contribution in [2.45, 2.75) is 43.5 Å². The van der Waals surface area contributed by atoms with E-state index >= 15 is 0 Å². The Kier molecular flexibility index (Phi) is 5.68. The summed E-state index contributed by atoms with van der Waals surface area (Å²) in [6.07, 6.45) is 4.74. The van der Waals surface area contributed by atoms with Crippen molar-refractivity contribution in [3.05, 3.63) is 24.3 Å². The summed E-state index contributed by atoms with van der Waals surface area (Å²) < 4.78 is 28.3. The predicted octanol–water partition coefficient (Wildman–Crippen LogP) is 2.51. The fourth-order valence-corrected chi connectivity index (χ4v) is 3.13. The number of hydrogen-bond donors (Lipinski definition) is 0. The first-order valence-corrected chi connectivity index (χ1v) is 9.87. The van der Waals surface area contributed by atoms with Gasteiger partial charge in [0, 0.05) is 25.8 Å². The Morgan fingerprint density at radius 2 is 1.91 bits per heavy atom. The molecule has 1 saturated carbocycles. The molecule has 128 valence electrons. The van der Waals surface area contributed by atoms with Crippen LogP contribution in [0, 0.1) is 5.92 Å². The van der Waals surface area contributed by atoms with E-state index in [4.69, 9.17) is 4.74 Å². The standard InChI is InChI=1S/C17H25NO4S/c1-13(14-6-7-14)18(2)17(19)5-4-12-22-15-8-10-16(11-9-15)23(3,20)21/h8-11,13-14H,4-7,12H2,1-3H3/t13-/m0/s1. The molecule has 6 heteroatoms. The van der Waals surface area contributed by atoms with Crippen LogP contribution in [0.2, 0.25) is 0 Å². The first kappa shape index (κ1) is 17.8. The molecule has 1 aromatic rings. The zero-order valence-corrected chi connectivity index (χ0v) is 14.8. The number of amides is 1. The number of hydrogen-bond acceptors (Lipinski definition) is 4. The molecule has 0 unspecified atom stereocenters. The van der Waals surface area contributed by atoms with Crippen LogP contribution in [0.15, 0.2) is 29.2 Å². The molecule has 5 nitrogen and oxygen atoms in total. The van der Waals surface area contributed by atoms with Crippen molar-refractivity contribution < 1.29 is 17.9 Å². The molecule has 0 aromatic heterocycles. The summed E-state index contributed by atoms with van der Waals surface area (Å²) in [4.78, 5) is 14.2. The second kappa shape index (κ2) is 7.34. The van der Waals surface area contributed by atoms with Crippen LogP contribution in [0.25, 0.3) is 0 Å². The Hall–Kier alpha value is -1.56. The molecule has 1 aliphatic carbocycles. The van der Waals surface area contributed by atoms with Crippen LogP contribution in [0.5, 0.6) is 5.75 Å². The van der Waals surface area contributed by atoms with Gasteiger partial charge in [-0.25, -0.2) is 8.42 Å². The van der Waals surface area contributed by atoms with Crippen molar-refractivity contribution in [3.63, 3.8) is 0 Å². The molecule has 0 N–H and O–H groups in total. The molecule has 1 atom stereocenters. The number of rotatable bonds is 8. The average molecular weight is 339 g/mol. The van der Waals surface area contributed by atoms with Crippen molar-refractivity contribution in [2.24, 2.45) is 5.92 Å². The number of carbonyl (C=O) groups excluding carboxylic acids is 1. The fraction of sp³-hybridized carbons (Fsp3) is 0.588. The van der Waals surface area contributed by atoms with Crippen LogP contribution in [0.1, 0.15) is 32.6 Å². The highest BCUT2D eigenvalue weighted by molar-refractivity contribution is 7.90. The monoisotopic (exact) mass is 339 g/mol. The highest BCUT2D eigenvalue weighted by Gasteiger charge is 2.32. The van der Waals surface area contributed by atoms with Crippen LogP contribution in [0.4, 0.5) is 0 Å². The predicted molar refractivity (Wildman–Crippen MR) is 89.2 cm³/mol. The van der Waals surface area contributed by atoms with Crippen LogP contribution in [-0.2, 0) is 14.6 Å². The van der Waals surface area contributed by atoms with Gasteiger partial charge in [0.05, 0.1) is 11.5 Å². The van der Waals surface area contributed by atoms with Crippen molar-refractivity contribution in [1.82, 2.24) is 4.90 Å². The van der Waals surface area contributed by atoms with Crippen molar-refractivity contribution in [1.29, 1.82) is 0 Å². The van der Waals surface area contributed by atoms with E-state index in [1.807, 2.05) is 11.9 Å². The molecule has 23 heavy (non-hydrogen) atoms. The van der Waals surface area contributed by atoms with E-state index in [9.17, 15) is 13.2 Å². The van der Waals surface area contributed by atoms with Crippen LogP contribution < -0.4 is 4.74 Å². The van der Waals surface area contributed by atoms with Crippen molar-refractivity contribution >= 4 is 15.7 Å². The Balaban J connectivity index is 1.71. The minimum atomic E-state index is -3.18. The zero-order chi connectivity index (χ0) is 17.0. The van der Waals surface area contributed by atoms with Crippen LogP contribution >= 0.6 is 0 Å². The van der Waals surface area contributed by atoms with Gasteiger partial charge in [0.2, 0.25) is 5.91 Å². The topological polar surface area (TPSA) is 63.7 Å². The second-order valence-corrected chi connectivity index (χ2v) is 8.29. The minimum Gasteiger partial charge on any atom is -0.494 e. The third-order valence-electron chi connectivity index (χ3n) is 4.36. The molecule has 1 fully saturated rings. The van der Waals surface area contributed by atoms with Gasteiger partial charge in [0.25, 0.3) is 0 Å². The number of ether oxygens (including phenoxy) is 1. The molecule has 0 heterocycles. The van der Waals surface area contributed by atoms with E-state index in [0.29, 0.717) is 37.2 Å². The van der Waals surface area contributed by atoms with Gasteiger partial charge < -0.3 is 9.64 Å². The maximum atomic E-state index is 12.1. The number of nitrogens with zero attached hydrogens (tertiary/aromatic N) is 1. The first-order valence-electron chi connectivity index (χ1n) is 7.97. The van der Waals surface area contributed by atoms with Gasteiger partial charge in [-0.3, -0.25) is 4.79 Å². The molecule has 0 saturated heterocycles. The maximum Gasteiger partial charge on any atom is 0.222 e. The molecule has 0 radical (unpaired) electrons. The van der Waals surface area contributed by atoms with E-state index in [0.717, 1.165) is 0 Å². The fourth-order valence-electron chi connectivity index (χ4n) is 2.49. The van der Waals surface area contributed by atoms with Gasteiger partial charge in [-0.2, -0.15) is 0 Å². The number of sulfone groups is 1. The quantitative estimate of drug-likeness (QED) is 0.683. The molecule has 2 rings (SSSR count). The van der Waals surface area contributed by atoms with Crippen LogP contribution in [-0.4, -0.2) is 45.2 Å². The maximum absolute atomic E-state index is 12.1. The lowest BCUT2D eigenvalue weighted by Gasteiger charge is -2.24. The summed E-state index contributed by atoms with van der Waals surface area (Å²) in [7, 11) is -1.31. The van der Waals surface area contributed by atoms with Gasteiger partial charge in [0.15, 0.2) is 9.84 Å². The zero-order valence-electron chi connectivity index (χ0n) is 14.0. The smallest absolute Gasteiger partial charge is 0.222 e. The molecule has 0 bridgehead atoms. The largest absolute Gasteiger partial charge is 0.494 e. The Morgan fingerprint density at radius 3 is 2.43 bits per heavy atom. The second-order valence-electron chi connectivity index (χ2n) is 6.28. The SMILES string of the molecule is C[C@@H](C1CC1)N(C)C(=O)CCCOc1ccc(S(C)(=O)=O)cc1. The Labute approximate surface area is 138 Å². The van der Waals surface area contributed by atoms with Crippen molar-refractivity contribution in [3.8, 4) is 5.75 Å².